The maximum absolute atomic E-state index is 5.56. The van der Waals surface area contributed by atoms with Crippen LogP contribution in [0.15, 0.2) is 12.3 Å². The van der Waals surface area contributed by atoms with Gasteiger partial charge in [-0.25, -0.2) is 9.97 Å². The second kappa shape index (κ2) is 4.57. The van der Waals surface area contributed by atoms with Crippen LogP contribution >= 0.6 is 0 Å². The zero-order valence-corrected chi connectivity index (χ0v) is 9.19. The van der Waals surface area contributed by atoms with E-state index < -0.39 is 0 Å². The van der Waals surface area contributed by atoms with E-state index in [9.17, 15) is 0 Å². The van der Waals surface area contributed by atoms with E-state index in [-0.39, 0.29) is 0 Å². The number of rotatable bonds is 2. The van der Waals surface area contributed by atoms with Crippen LogP contribution in [-0.4, -0.2) is 23.1 Å². The molecule has 1 saturated heterocycles. The van der Waals surface area contributed by atoms with Gasteiger partial charge in [0.15, 0.2) is 0 Å². The van der Waals surface area contributed by atoms with Gasteiger partial charge in [0.05, 0.1) is 5.69 Å². The van der Waals surface area contributed by atoms with Gasteiger partial charge in [-0.1, -0.05) is 6.92 Å². The Labute approximate surface area is 90.5 Å². The van der Waals surface area contributed by atoms with Crippen molar-refractivity contribution in [2.75, 3.05) is 18.0 Å². The molecule has 1 aromatic heterocycles. The van der Waals surface area contributed by atoms with Gasteiger partial charge >= 0.3 is 0 Å². The van der Waals surface area contributed by atoms with E-state index in [2.05, 4.69) is 21.8 Å². The summed E-state index contributed by atoms with van der Waals surface area (Å²) < 4.78 is 0. The van der Waals surface area contributed by atoms with E-state index in [1.807, 2.05) is 6.07 Å². The Bertz CT molecular complexity index is 318. The third-order valence-electron chi connectivity index (χ3n) is 2.98. The molecule has 2 rings (SSSR count). The van der Waals surface area contributed by atoms with E-state index in [1.165, 1.54) is 12.8 Å². The highest BCUT2D eigenvalue weighted by molar-refractivity contribution is 5.30. The van der Waals surface area contributed by atoms with Crippen molar-refractivity contribution in [3.8, 4) is 0 Å². The van der Waals surface area contributed by atoms with Gasteiger partial charge in [-0.05, 0) is 24.8 Å². The van der Waals surface area contributed by atoms with Gasteiger partial charge in [-0.2, -0.15) is 0 Å². The lowest BCUT2D eigenvalue weighted by Gasteiger charge is -2.30. The third-order valence-corrected chi connectivity index (χ3v) is 2.98. The van der Waals surface area contributed by atoms with Crippen molar-refractivity contribution >= 4 is 5.95 Å². The van der Waals surface area contributed by atoms with E-state index in [0.29, 0.717) is 6.54 Å². The average Bonchev–Trinajstić information content (AvgIpc) is 2.30. The normalized spacial score (nSPS) is 18.1. The number of nitrogens with two attached hydrogens (primary N) is 1. The van der Waals surface area contributed by atoms with Crippen molar-refractivity contribution < 1.29 is 0 Å². The molecular weight excluding hydrogens is 188 g/mol. The molecule has 1 aliphatic heterocycles. The van der Waals surface area contributed by atoms with E-state index in [0.717, 1.165) is 30.6 Å². The maximum Gasteiger partial charge on any atom is 0.225 e. The molecule has 2 heterocycles. The zero-order valence-electron chi connectivity index (χ0n) is 9.19. The van der Waals surface area contributed by atoms with Crippen molar-refractivity contribution in [2.24, 2.45) is 11.7 Å². The average molecular weight is 206 g/mol. The molecule has 0 amide bonds. The fraction of sp³-hybridized carbons (Fsp3) is 0.636. The van der Waals surface area contributed by atoms with Gasteiger partial charge in [-0.15, -0.1) is 0 Å². The molecule has 0 spiro atoms. The predicted molar refractivity (Wildman–Crippen MR) is 60.5 cm³/mol. The Kier molecular flexibility index (Phi) is 3.16. The molecule has 1 aromatic rings. The van der Waals surface area contributed by atoms with Crippen molar-refractivity contribution in [1.29, 1.82) is 0 Å². The van der Waals surface area contributed by atoms with Gasteiger partial charge in [-0.3, -0.25) is 0 Å². The van der Waals surface area contributed by atoms with Crippen LogP contribution in [0.3, 0.4) is 0 Å². The summed E-state index contributed by atoms with van der Waals surface area (Å²) >= 11 is 0. The summed E-state index contributed by atoms with van der Waals surface area (Å²) in [7, 11) is 0. The molecule has 0 aliphatic carbocycles. The number of nitrogens with zero attached hydrogens (tertiary/aromatic N) is 3. The van der Waals surface area contributed by atoms with Gasteiger partial charge in [0.2, 0.25) is 5.95 Å². The number of piperidine rings is 1. The molecule has 15 heavy (non-hydrogen) atoms. The van der Waals surface area contributed by atoms with Crippen molar-refractivity contribution in [3.63, 3.8) is 0 Å². The van der Waals surface area contributed by atoms with Crippen LogP contribution in [0.25, 0.3) is 0 Å². The molecule has 0 radical (unpaired) electrons. The minimum atomic E-state index is 0.486. The molecule has 82 valence electrons. The molecular formula is C11H18N4. The maximum atomic E-state index is 5.56. The van der Waals surface area contributed by atoms with E-state index >= 15 is 0 Å². The molecule has 4 heteroatoms. The summed E-state index contributed by atoms with van der Waals surface area (Å²) in [5.41, 5.74) is 6.48. The lowest BCUT2D eigenvalue weighted by Crippen LogP contribution is -2.34. The molecule has 0 aromatic carbocycles. The van der Waals surface area contributed by atoms with Crippen molar-refractivity contribution in [3.05, 3.63) is 18.0 Å². The van der Waals surface area contributed by atoms with Crippen LogP contribution in [0.5, 0.6) is 0 Å². The quantitative estimate of drug-likeness (QED) is 0.789. The molecule has 1 aliphatic rings. The highest BCUT2D eigenvalue weighted by atomic mass is 15.2. The molecule has 4 nitrogen and oxygen atoms in total. The summed E-state index contributed by atoms with van der Waals surface area (Å²) in [5, 5.41) is 0. The summed E-state index contributed by atoms with van der Waals surface area (Å²) in [6.45, 7) is 4.92. The summed E-state index contributed by atoms with van der Waals surface area (Å²) in [4.78, 5) is 11.0. The van der Waals surface area contributed by atoms with Crippen LogP contribution < -0.4 is 10.6 Å². The molecule has 2 N–H and O–H groups in total. The van der Waals surface area contributed by atoms with Crippen LogP contribution in [0, 0.1) is 5.92 Å². The van der Waals surface area contributed by atoms with Crippen LogP contribution in [-0.2, 0) is 6.54 Å². The van der Waals surface area contributed by atoms with Gasteiger partial charge < -0.3 is 10.6 Å². The Morgan fingerprint density at radius 2 is 2.20 bits per heavy atom. The van der Waals surface area contributed by atoms with Gasteiger partial charge in [0, 0.05) is 25.8 Å². The van der Waals surface area contributed by atoms with E-state index in [1.54, 1.807) is 6.20 Å². The van der Waals surface area contributed by atoms with Gasteiger partial charge in [0.1, 0.15) is 0 Å². The number of hydrogen-bond acceptors (Lipinski definition) is 4. The third kappa shape index (κ3) is 2.45. The fourth-order valence-corrected chi connectivity index (χ4v) is 1.86. The number of anilines is 1. The zero-order chi connectivity index (χ0) is 10.7. The summed E-state index contributed by atoms with van der Waals surface area (Å²) in [6.07, 6.45) is 4.26. The Hall–Kier alpha value is -1.16. The second-order valence-corrected chi connectivity index (χ2v) is 4.22. The highest BCUT2D eigenvalue weighted by Crippen LogP contribution is 2.19. The first kappa shape index (κ1) is 10.4. The van der Waals surface area contributed by atoms with Crippen molar-refractivity contribution in [2.45, 2.75) is 26.3 Å². The smallest absolute Gasteiger partial charge is 0.225 e. The molecule has 0 bridgehead atoms. The number of hydrogen-bond donors (Lipinski definition) is 1. The Balaban J connectivity index is 2.08. The lowest BCUT2D eigenvalue weighted by molar-refractivity contribution is 0.434. The SMILES string of the molecule is CC1CCN(c2nccc(CN)n2)CC1. The Morgan fingerprint density at radius 1 is 1.47 bits per heavy atom. The molecule has 0 atom stereocenters. The first-order chi connectivity index (χ1) is 7.29. The standard InChI is InChI=1S/C11H18N4/c1-9-3-6-15(7-4-9)11-13-5-2-10(8-12)14-11/h2,5,9H,3-4,6-8,12H2,1H3. The monoisotopic (exact) mass is 206 g/mol. The lowest BCUT2D eigenvalue weighted by atomic mass is 10.00. The predicted octanol–water partition coefficient (Wildman–Crippen LogP) is 1.17. The minimum Gasteiger partial charge on any atom is -0.341 e. The van der Waals surface area contributed by atoms with E-state index in [4.69, 9.17) is 5.73 Å². The van der Waals surface area contributed by atoms with Crippen LogP contribution in [0.4, 0.5) is 5.95 Å². The minimum absolute atomic E-state index is 0.486. The molecule has 1 fully saturated rings. The summed E-state index contributed by atoms with van der Waals surface area (Å²) in [5.74, 6) is 1.67. The second-order valence-electron chi connectivity index (χ2n) is 4.22. The number of aromatic nitrogens is 2. The topological polar surface area (TPSA) is 55.0 Å². The van der Waals surface area contributed by atoms with Crippen LogP contribution in [0.1, 0.15) is 25.5 Å². The van der Waals surface area contributed by atoms with Gasteiger partial charge in [0.25, 0.3) is 0 Å². The Morgan fingerprint density at radius 3 is 2.87 bits per heavy atom. The molecule has 0 unspecified atom stereocenters. The van der Waals surface area contributed by atoms with Crippen LogP contribution in [0.2, 0.25) is 0 Å². The first-order valence-corrected chi connectivity index (χ1v) is 5.56. The fourth-order valence-electron chi connectivity index (χ4n) is 1.86. The summed E-state index contributed by atoms with van der Waals surface area (Å²) in [6, 6.07) is 1.87. The van der Waals surface area contributed by atoms with Crippen molar-refractivity contribution in [1.82, 2.24) is 9.97 Å². The molecule has 0 saturated carbocycles. The first-order valence-electron chi connectivity index (χ1n) is 5.56. The largest absolute Gasteiger partial charge is 0.341 e. The highest BCUT2D eigenvalue weighted by Gasteiger charge is 2.17.